The summed E-state index contributed by atoms with van der Waals surface area (Å²) in [6.45, 7) is 7.71. The summed E-state index contributed by atoms with van der Waals surface area (Å²) in [7, 11) is 1.86. The van der Waals surface area contributed by atoms with Gasteiger partial charge in [-0.1, -0.05) is 38.1 Å². The van der Waals surface area contributed by atoms with Gasteiger partial charge in [-0.05, 0) is 36.9 Å². The van der Waals surface area contributed by atoms with Crippen LogP contribution in [0.25, 0.3) is 0 Å². The summed E-state index contributed by atoms with van der Waals surface area (Å²) < 4.78 is 0. The topological polar surface area (TPSA) is 64.1 Å². The van der Waals surface area contributed by atoms with Gasteiger partial charge in [0.25, 0.3) is 0 Å². The molecule has 0 spiro atoms. The number of carbonyl (C=O) groups excluding carboxylic acids is 1. The second-order valence-electron chi connectivity index (χ2n) is 7.38. The molecule has 1 aromatic carbocycles. The summed E-state index contributed by atoms with van der Waals surface area (Å²) in [6, 6.07) is 8.72. The number of carboxylic acid groups (broad SMARTS) is 1. The molecule has 1 amide bonds. The first kappa shape index (κ1) is 21.4. The molecule has 1 aromatic rings. The van der Waals surface area contributed by atoms with Gasteiger partial charge in [-0.3, -0.25) is 19.4 Å². The fourth-order valence-corrected chi connectivity index (χ4v) is 3.67. The maximum absolute atomic E-state index is 12.6. The van der Waals surface area contributed by atoms with Crippen LogP contribution in [0.1, 0.15) is 37.8 Å². The zero-order valence-corrected chi connectivity index (χ0v) is 16.9. The van der Waals surface area contributed by atoms with Gasteiger partial charge in [0.15, 0.2) is 0 Å². The molecule has 0 saturated carbocycles. The summed E-state index contributed by atoms with van der Waals surface area (Å²) >= 11 is 0. The lowest BCUT2D eigenvalue weighted by Crippen LogP contribution is -2.48. The normalized spacial score (nSPS) is 15.9. The maximum atomic E-state index is 12.6. The number of aryl methyl sites for hydroxylation is 1. The Bertz CT molecular complexity index is 610. The number of aliphatic carboxylic acids is 1. The minimum Gasteiger partial charge on any atom is -0.480 e. The Labute approximate surface area is 162 Å². The molecular formula is C21H33N3O3. The molecule has 1 aliphatic rings. The van der Waals surface area contributed by atoms with Gasteiger partial charge in [-0.25, -0.2) is 0 Å². The van der Waals surface area contributed by atoms with Gasteiger partial charge in [-0.2, -0.15) is 0 Å². The minimum absolute atomic E-state index is 0.0969. The van der Waals surface area contributed by atoms with Crippen molar-refractivity contribution in [2.75, 3.05) is 39.8 Å². The van der Waals surface area contributed by atoms with Crippen LogP contribution in [0.3, 0.4) is 0 Å². The van der Waals surface area contributed by atoms with E-state index in [-0.39, 0.29) is 12.5 Å². The predicted octanol–water partition coefficient (Wildman–Crippen LogP) is 2.08. The van der Waals surface area contributed by atoms with Crippen molar-refractivity contribution in [1.29, 1.82) is 0 Å². The monoisotopic (exact) mass is 375 g/mol. The van der Waals surface area contributed by atoms with Crippen molar-refractivity contribution in [2.24, 2.45) is 0 Å². The number of likely N-dealkylation sites (N-methyl/N-ethyl adjacent to an activating group) is 2. The van der Waals surface area contributed by atoms with Gasteiger partial charge < -0.3 is 10.0 Å². The van der Waals surface area contributed by atoms with Crippen molar-refractivity contribution in [2.45, 2.75) is 45.7 Å². The van der Waals surface area contributed by atoms with Gasteiger partial charge in [0.2, 0.25) is 5.91 Å². The van der Waals surface area contributed by atoms with E-state index in [0.29, 0.717) is 19.1 Å². The molecule has 1 aliphatic heterocycles. The standard InChI is InChI=1S/C21H33N3O3/c1-4-17-6-8-18(9-7-17)14-22(3)20(25)15-23-12-10-19(11-13-23)24(5-2)16-21(26)27/h6-9,19H,4-5,10-16H2,1-3H3,(H,26,27). The molecule has 1 N–H and O–H groups in total. The molecule has 6 nitrogen and oxygen atoms in total. The molecular weight excluding hydrogens is 342 g/mol. The Morgan fingerprint density at radius 1 is 1.11 bits per heavy atom. The largest absolute Gasteiger partial charge is 0.480 e. The second-order valence-corrected chi connectivity index (χ2v) is 7.38. The third kappa shape index (κ3) is 6.63. The van der Waals surface area contributed by atoms with E-state index in [0.717, 1.165) is 44.5 Å². The molecule has 2 rings (SSSR count). The SMILES string of the molecule is CCc1ccc(CN(C)C(=O)CN2CCC(N(CC)CC(=O)O)CC2)cc1. The Kier molecular flexibility index (Phi) is 8.25. The summed E-state index contributed by atoms with van der Waals surface area (Å²) in [5.74, 6) is -0.644. The van der Waals surface area contributed by atoms with Gasteiger partial charge >= 0.3 is 5.97 Å². The highest BCUT2D eigenvalue weighted by Gasteiger charge is 2.26. The number of hydrogen-bond acceptors (Lipinski definition) is 4. The number of nitrogens with zero attached hydrogens (tertiary/aromatic N) is 3. The number of likely N-dealkylation sites (tertiary alicyclic amines) is 1. The Balaban J connectivity index is 1.78. The van der Waals surface area contributed by atoms with Crippen molar-refractivity contribution in [3.05, 3.63) is 35.4 Å². The summed E-state index contributed by atoms with van der Waals surface area (Å²) in [6.07, 6.45) is 2.85. The van der Waals surface area contributed by atoms with Crippen LogP contribution in [0.4, 0.5) is 0 Å². The number of carboxylic acids is 1. The molecule has 1 fully saturated rings. The molecule has 150 valence electrons. The molecule has 0 bridgehead atoms. The van der Waals surface area contributed by atoms with Crippen molar-refractivity contribution >= 4 is 11.9 Å². The Hall–Kier alpha value is -1.92. The van der Waals surface area contributed by atoms with Crippen LogP contribution in [-0.4, -0.2) is 77.5 Å². The van der Waals surface area contributed by atoms with Crippen LogP contribution in [0.15, 0.2) is 24.3 Å². The highest BCUT2D eigenvalue weighted by atomic mass is 16.4. The smallest absolute Gasteiger partial charge is 0.317 e. The average molecular weight is 376 g/mol. The van der Waals surface area contributed by atoms with Crippen LogP contribution in [0, 0.1) is 0 Å². The Morgan fingerprint density at radius 3 is 2.22 bits per heavy atom. The second kappa shape index (κ2) is 10.4. The van der Waals surface area contributed by atoms with E-state index in [9.17, 15) is 9.59 Å². The average Bonchev–Trinajstić information content (AvgIpc) is 2.67. The van der Waals surface area contributed by atoms with Crippen molar-refractivity contribution in [3.63, 3.8) is 0 Å². The van der Waals surface area contributed by atoms with Crippen molar-refractivity contribution in [3.8, 4) is 0 Å². The van der Waals surface area contributed by atoms with Gasteiger partial charge in [0.05, 0.1) is 13.1 Å². The summed E-state index contributed by atoms with van der Waals surface area (Å²) in [4.78, 5) is 29.5. The number of rotatable bonds is 9. The van der Waals surface area contributed by atoms with E-state index in [2.05, 4.69) is 36.1 Å². The summed E-state index contributed by atoms with van der Waals surface area (Å²) in [5.41, 5.74) is 2.45. The number of carbonyl (C=O) groups is 2. The van der Waals surface area contributed by atoms with Crippen molar-refractivity contribution < 1.29 is 14.7 Å². The third-order valence-electron chi connectivity index (χ3n) is 5.45. The number of benzene rings is 1. The van der Waals surface area contributed by atoms with Crippen LogP contribution < -0.4 is 0 Å². The van der Waals surface area contributed by atoms with Crippen LogP contribution in [0.5, 0.6) is 0 Å². The van der Waals surface area contributed by atoms with Crippen LogP contribution in [0.2, 0.25) is 0 Å². The van der Waals surface area contributed by atoms with Gasteiger partial charge in [-0.15, -0.1) is 0 Å². The highest BCUT2D eigenvalue weighted by Crippen LogP contribution is 2.16. The molecule has 27 heavy (non-hydrogen) atoms. The van der Waals surface area contributed by atoms with Crippen LogP contribution in [-0.2, 0) is 22.6 Å². The molecule has 0 atom stereocenters. The van der Waals surface area contributed by atoms with E-state index in [1.165, 1.54) is 5.56 Å². The highest BCUT2D eigenvalue weighted by molar-refractivity contribution is 5.78. The van der Waals surface area contributed by atoms with E-state index < -0.39 is 5.97 Å². The minimum atomic E-state index is -0.775. The van der Waals surface area contributed by atoms with E-state index in [1.807, 2.05) is 18.9 Å². The van der Waals surface area contributed by atoms with E-state index >= 15 is 0 Å². The maximum Gasteiger partial charge on any atom is 0.317 e. The molecule has 6 heteroatoms. The number of piperidine rings is 1. The summed E-state index contributed by atoms with van der Waals surface area (Å²) in [5, 5.41) is 9.03. The molecule has 0 aliphatic carbocycles. The fourth-order valence-electron chi connectivity index (χ4n) is 3.67. The first-order chi connectivity index (χ1) is 12.9. The van der Waals surface area contributed by atoms with E-state index in [4.69, 9.17) is 5.11 Å². The molecule has 0 aromatic heterocycles. The van der Waals surface area contributed by atoms with E-state index in [1.54, 1.807) is 4.90 Å². The Morgan fingerprint density at radius 2 is 1.70 bits per heavy atom. The molecule has 1 heterocycles. The molecule has 0 radical (unpaired) electrons. The quantitative estimate of drug-likeness (QED) is 0.716. The zero-order valence-electron chi connectivity index (χ0n) is 16.9. The lowest BCUT2D eigenvalue weighted by molar-refractivity contribution is -0.139. The zero-order chi connectivity index (χ0) is 19.8. The van der Waals surface area contributed by atoms with Gasteiger partial charge in [0, 0.05) is 32.7 Å². The van der Waals surface area contributed by atoms with Crippen LogP contribution >= 0.6 is 0 Å². The predicted molar refractivity (Wildman–Crippen MR) is 107 cm³/mol. The van der Waals surface area contributed by atoms with Gasteiger partial charge in [0.1, 0.15) is 0 Å². The first-order valence-corrected chi connectivity index (χ1v) is 9.92. The number of amides is 1. The third-order valence-corrected chi connectivity index (χ3v) is 5.45. The first-order valence-electron chi connectivity index (χ1n) is 9.92. The van der Waals surface area contributed by atoms with Crippen molar-refractivity contribution in [1.82, 2.24) is 14.7 Å². The molecule has 1 saturated heterocycles. The molecule has 0 unspecified atom stereocenters. The fraction of sp³-hybridized carbons (Fsp3) is 0.619. The number of hydrogen-bond donors (Lipinski definition) is 1. The lowest BCUT2D eigenvalue weighted by Gasteiger charge is -2.37. The lowest BCUT2D eigenvalue weighted by atomic mass is 10.0.